The van der Waals surface area contributed by atoms with Crippen LogP contribution in [0.15, 0.2) is 9.98 Å². The van der Waals surface area contributed by atoms with Gasteiger partial charge in [0.2, 0.25) is 0 Å². The van der Waals surface area contributed by atoms with Gasteiger partial charge in [-0.15, -0.1) is 0 Å². The Morgan fingerprint density at radius 1 is 1.58 bits per heavy atom. The highest BCUT2D eigenvalue weighted by molar-refractivity contribution is 6.34. The molecular weight excluding hydrogens is 156 g/mol. The maximum absolute atomic E-state index is 10.6. The maximum Gasteiger partial charge on any atom is 0.290 e. The second-order valence-corrected chi connectivity index (χ2v) is 3.03. The van der Waals surface area contributed by atoms with E-state index in [1.807, 2.05) is 0 Å². The lowest BCUT2D eigenvalue weighted by molar-refractivity contribution is -0.111. The number of hydrogen-bond donors (Lipinski definition) is 0. The fraction of sp³-hybridized carbons (Fsp3) is 0.625. The molecule has 12 heavy (non-hydrogen) atoms. The van der Waals surface area contributed by atoms with Gasteiger partial charge in [-0.3, -0.25) is 4.79 Å². The van der Waals surface area contributed by atoms with E-state index < -0.39 is 0 Å². The number of amidine groups is 1. The van der Waals surface area contributed by atoms with Crippen LogP contribution in [-0.2, 0) is 9.53 Å². The van der Waals surface area contributed by atoms with E-state index in [0.29, 0.717) is 25.0 Å². The molecule has 1 aliphatic heterocycles. The molecule has 0 atom stereocenters. The molecule has 1 aliphatic rings. The SMILES string of the molecule is CC(C)COCC1=NC(=O)C=N1. The number of carbonyl (C=O) groups is 1. The Morgan fingerprint density at radius 2 is 2.33 bits per heavy atom. The fourth-order valence-electron chi connectivity index (χ4n) is 0.770. The Kier molecular flexibility index (Phi) is 3.10. The van der Waals surface area contributed by atoms with Crippen molar-refractivity contribution in [3.05, 3.63) is 0 Å². The molecule has 0 aliphatic carbocycles. The van der Waals surface area contributed by atoms with Gasteiger partial charge in [0.25, 0.3) is 5.91 Å². The molecule has 0 spiro atoms. The summed E-state index contributed by atoms with van der Waals surface area (Å²) in [5.41, 5.74) is 0. The minimum atomic E-state index is -0.293. The van der Waals surface area contributed by atoms with Crippen LogP contribution in [0, 0.1) is 5.92 Å². The van der Waals surface area contributed by atoms with E-state index in [0.717, 1.165) is 0 Å². The molecule has 4 nitrogen and oxygen atoms in total. The van der Waals surface area contributed by atoms with Crippen LogP contribution in [0.1, 0.15) is 13.8 Å². The maximum atomic E-state index is 10.6. The Morgan fingerprint density at radius 3 is 2.83 bits per heavy atom. The number of carbonyl (C=O) groups excluding carboxylic acids is 1. The molecule has 4 heteroatoms. The van der Waals surface area contributed by atoms with Gasteiger partial charge in [0.05, 0.1) is 6.21 Å². The summed E-state index contributed by atoms with van der Waals surface area (Å²) < 4.78 is 5.23. The van der Waals surface area contributed by atoms with E-state index in [1.165, 1.54) is 6.21 Å². The number of ether oxygens (including phenoxy) is 1. The van der Waals surface area contributed by atoms with Gasteiger partial charge in [0.1, 0.15) is 6.61 Å². The molecule has 1 rings (SSSR count). The number of amides is 1. The second kappa shape index (κ2) is 4.11. The van der Waals surface area contributed by atoms with Gasteiger partial charge in [-0.2, -0.15) is 4.99 Å². The zero-order valence-electron chi connectivity index (χ0n) is 7.28. The molecule has 0 bridgehead atoms. The molecule has 0 aromatic carbocycles. The molecule has 1 amide bonds. The number of hydrogen-bond acceptors (Lipinski definition) is 3. The minimum absolute atomic E-state index is 0.293. The average Bonchev–Trinajstić information content (AvgIpc) is 2.35. The van der Waals surface area contributed by atoms with Gasteiger partial charge in [-0.05, 0) is 5.92 Å². The molecular formula is C8H12N2O2. The van der Waals surface area contributed by atoms with Gasteiger partial charge < -0.3 is 4.74 Å². The average molecular weight is 168 g/mol. The van der Waals surface area contributed by atoms with E-state index in [2.05, 4.69) is 23.8 Å². The van der Waals surface area contributed by atoms with Crippen molar-refractivity contribution >= 4 is 18.0 Å². The molecule has 0 unspecified atom stereocenters. The highest BCUT2D eigenvalue weighted by atomic mass is 16.5. The van der Waals surface area contributed by atoms with Gasteiger partial charge in [-0.1, -0.05) is 13.8 Å². The number of nitrogens with zero attached hydrogens (tertiary/aromatic N) is 2. The van der Waals surface area contributed by atoms with Crippen LogP contribution in [0.4, 0.5) is 0 Å². The van der Waals surface area contributed by atoms with E-state index >= 15 is 0 Å². The molecule has 0 aromatic rings. The second-order valence-electron chi connectivity index (χ2n) is 3.03. The van der Waals surface area contributed by atoms with Crippen molar-refractivity contribution in [2.75, 3.05) is 13.2 Å². The summed E-state index contributed by atoms with van der Waals surface area (Å²) in [6.07, 6.45) is 1.20. The molecule has 0 saturated carbocycles. The van der Waals surface area contributed by atoms with Crippen molar-refractivity contribution in [3.8, 4) is 0 Å². The summed E-state index contributed by atoms with van der Waals surface area (Å²) >= 11 is 0. The quantitative estimate of drug-likeness (QED) is 0.619. The fourth-order valence-corrected chi connectivity index (χ4v) is 0.770. The van der Waals surface area contributed by atoms with Gasteiger partial charge >= 0.3 is 0 Å². The Balaban J connectivity index is 2.21. The largest absolute Gasteiger partial charge is 0.373 e. The third-order valence-corrected chi connectivity index (χ3v) is 1.25. The summed E-state index contributed by atoms with van der Waals surface area (Å²) in [4.78, 5) is 17.9. The van der Waals surface area contributed by atoms with Crippen LogP contribution < -0.4 is 0 Å². The first-order valence-corrected chi connectivity index (χ1v) is 3.92. The lowest BCUT2D eigenvalue weighted by Gasteiger charge is -2.04. The van der Waals surface area contributed by atoms with Crippen LogP contribution in [0.2, 0.25) is 0 Å². The molecule has 1 heterocycles. The Bertz CT molecular complexity index is 231. The Hall–Kier alpha value is -1.03. The van der Waals surface area contributed by atoms with Crippen LogP contribution >= 0.6 is 0 Å². The number of rotatable bonds is 4. The first-order chi connectivity index (χ1) is 5.68. The first kappa shape index (κ1) is 9.06. The van der Waals surface area contributed by atoms with Gasteiger partial charge in [-0.25, -0.2) is 4.99 Å². The van der Waals surface area contributed by atoms with E-state index in [-0.39, 0.29) is 5.91 Å². The highest BCUT2D eigenvalue weighted by Crippen LogP contribution is 1.96. The third kappa shape index (κ3) is 2.92. The minimum Gasteiger partial charge on any atom is -0.373 e. The van der Waals surface area contributed by atoms with Crippen molar-refractivity contribution in [2.24, 2.45) is 15.9 Å². The molecule has 0 aromatic heterocycles. The van der Waals surface area contributed by atoms with Crippen molar-refractivity contribution in [3.63, 3.8) is 0 Å². The van der Waals surface area contributed by atoms with Crippen molar-refractivity contribution < 1.29 is 9.53 Å². The molecule has 0 N–H and O–H groups in total. The van der Waals surface area contributed by atoms with Crippen LogP contribution in [-0.4, -0.2) is 31.2 Å². The molecule has 0 fully saturated rings. The van der Waals surface area contributed by atoms with E-state index in [4.69, 9.17) is 4.74 Å². The summed E-state index contributed by atoms with van der Waals surface area (Å²) in [5, 5.41) is 0. The van der Waals surface area contributed by atoms with Crippen molar-refractivity contribution in [2.45, 2.75) is 13.8 Å². The first-order valence-electron chi connectivity index (χ1n) is 3.92. The highest BCUT2D eigenvalue weighted by Gasteiger charge is 2.07. The molecule has 0 saturated heterocycles. The predicted octanol–water partition coefficient (Wildman–Crippen LogP) is 0.669. The summed E-state index contributed by atoms with van der Waals surface area (Å²) in [5.74, 6) is 0.672. The lowest BCUT2D eigenvalue weighted by atomic mass is 10.2. The Labute approximate surface area is 71.4 Å². The topological polar surface area (TPSA) is 51.0 Å². The van der Waals surface area contributed by atoms with Crippen molar-refractivity contribution in [1.29, 1.82) is 0 Å². The van der Waals surface area contributed by atoms with Crippen molar-refractivity contribution in [1.82, 2.24) is 0 Å². The van der Waals surface area contributed by atoms with Crippen LogP contribution in [0.25, 0.3) is 0 Å². The normalized spacial score (nSPS) is 15.9. The standard InChI is InChI=1S/C8H12N2O2/c1-6(2)4-12-5-7-9-3-8(11)10-7/h3,6H,4-5H2,1-2H3. The van der Waals surface area contributed by atoms with Crippen LogP contribution in [0.3, 0.4) is 0 Å². The smallest absolute Gasteiger partial charge is 0.290 e. The monoisotopic (exact) mass is 168 g/mol. The van der Waals surface area contributed by atoms with Gasteiger partial charge in [0.15, 0.2) is 5.84 Å². The van der Waals surface area contributed by atoms with E-state index in [9.17, 15) is 4.79 Å². The lowest BCUT2D eigenvalue weighted by Crippen LogP contribution is -2.09. The summed E-state index contributed by atoms with van der Waals surface area (Å²) in [6, 6.07) is 0. The zero-order valence-corrected chi connectivity index (χ0v) is 7.28. The zero-order chi connectivity index (χ0) is 8.97. The summed E-state index contributed by atoms with van der Waals surface area (Å²) in [7, 11) is 0. The summed E-state index contributed by atoms with van der Waals surface area (Å²) in [6.45, 7) is 5.12. The third-order valence-electron chi connectivity index (χ3n) is 1.25. The van der Waals surface area contributed by atoms with E-state index in [1.54, 1.807) is 0 Å². The van der Waals surface area contributed by atoms with Crippen LogP contribution in [0.5, 0.6) is 0 Å². The molecule has 66 valence electrons. The van der Waals surface area contributed by atoms with Gasteiger partial charge in [0, 0.05) is 6.61 Å². The number of aliphatic imine (C=N–C) groups is 2. The predicted molar refractivity (Wildman–Crippen MR) is 46.6 cm³/mol. The molecule has 0 radical (unpaired) electrons.